The van der Waals surface area contributed by atoms with Crippen LogP contribution in [-0.4, -0.2) is 21.7 Å². The number of ether oxygens (including phenoxy) is 1. The zero-order chi connectivity index (χ0) is 10.1. The van der Waals surface area contributed by atoms with Gasteiger partial charge in [-0.15, -0.1) is 5.10 Å². The fourth-order valence-electron chi connectivity index (χ4n) is 1.32. The number of hydrogen-bond donors (Lipinski definition) is 0. The Bertz CT molecular complexity index is 448. The molecule has 74 valence electrons. The van der Waals surface area contributed by atoms with E-state index in [0.717, 1.165) is 5.65 Å². The van der Waals surface area contributed by atoms with Gasteiger partial charge < -0.3 is 4.74 Å². The second-order valence-corrected chi connectivity index (χ2v) is 3.52. The number of rotatable bonds is 2. The van der Waals surface area contributed by atoms with Crippen LogP contribution in [0.2, 0.25) is 0 Å². The average molecular weight is 191 g/mol. The lowest BCUT2D eigenvalue weighted by Gasteiger charge is -2.03. The Kier molecular flexibility index (Phi) is 2.11. The SMILES string of the molecule is COc1nc2cc(C(C)C)ccn2n1. The molecule has 2 heterocycles. The Morgan fingerprint density at radius 2 is 2.21 bits per heavy atom. The van der Waals surface area contributed by atoms with E-state index in [4.69, 9.17) is 4.74 Å². The summed E-state index contributed by atoms with van der Waals surface area (Å²) in [6.07, 6.45) is 1.90. The molecule has 0 aliphatic heterocycles. The highest BCUT2D eigenvalue weighted by molar-refractivity contribution is 5.42. The van der Waals surface area contributed by atoms with Crippen LogP contribution in [0.1, 0.15) is 25.3 Å². The zero-order valence-electron chi connectivity index (χ0n) is 8.56. The Hall–Kier alpha value is -1.58. The predicted molar refractivity (Wildman–Crippen MR) is 53.6 cm³/mol. The maximum Gasteiger partial charge on any atom is 0.336 e. The fourth-order valence-corrected chi connectivity index (χ4v) is 1.32. The molecular weight excluding hydrogens is 178 g/mol. The minimum atomic E-state index is 0.408. The number of methoxy groups -OCH3 is 1. The maximum absolute atomic E-state index is 4.96. The second kappa shape index (κ2) is 3.29. The van der Waals surface area contributed by atoms with E-state index in [1.165, 1.54) is 5.56 Å². The molecule has 0 aliphatic carbocycles. The van der Waals surface area contributed by atoms with E-state index in [2.05, 4.69) is 23.9 Å². The molecule has 0 radical (unpaired) electrons. The van der Waals surface area contributed by atoms with E-state index in [0.29, 0.717) is 11.9 Å². The summed E-state index contributed by atoms with van der Waals surface area (Å²) in [5, 5.41) is 4.11. The molecule has 4 heteroatoms. The number of hydrogen-bond acceptors (Lipinski definition) is 3. The number of pyridine rings is 1. The normalized spacial score (nSPS) is 11.1. The van der Waals surface area contributed by atoms with E-state index < -0.39 is 0 Å². The van der Waals surface area contributed by atoms with E-state index in [-0.39, 0.29) is 0 Å². The second-order valence-electron chi connectivity index (χ2n) is 3.52. The van der Waals surface area contributed by atoms with Crippen LogP contribution < -0.4 is 4.74 Å². The average Bonchev–Trinajstić information content (AvgIpc) is 2.58. The minimum Gasteiger partial charge on any atom is -0.466 e. The van der Waals surface area contributed by atoms with Crippen molar-refractivity contribution >= 4 is 5.65 Å². The minimum absolute atomic E-state index is 0.408. The standard InChI is InChI=1S/C10H13N3O/c1-7(2)8-4-5-13-9(6-8)11-10(12-13)14-3/h4-7H,1-3H3. The quantitative estimate of drug-likeness (QED) is 0.727. The lowest BCUT2D eigenvalue weighted by molar-refractivity contribution is 0.380. The van der Waals surface area contributed by atoms with Gasteiger partial charge >= 0.3 is 6.01 Å². The molecule has 0 atom stereocenters. The van der Waals surface area contributed by atoms with Gasteiger partial charge in [0.25, 0.3) is 0 Å². The monoisotopic (exact) mass is 191 g/mol. The summed E-state index contributed by atoms with van der Waals surface area (Å²) in [6, 6.07) is 4.48. The predicted octanol–water partition coefficient (Wildman–Crippen LogP) is 1.86. The van der Waals surface area contributed by atoms with Crippen LogP contribution in [0.5, 0.6) is 6.01 Å². The van der Waals surface area contributed by atoms with Crippen LogP contribution in [0, 0.1) is 0 Å². The first-order chi connectivity index (χ1) is 6.70. The molecule has 0 bridgehead atoms. The van der Waals surface area contributed by atoms with E-state index >= 15 is 0 Å². The highest BCUT2D eigenvalue weighted by Crippen LogP contribution is 2.16. The summed E-state index contributed by atoms with van der Waals surface area (Å²) in [4.78, 5) is 4.20. The lowest BCUT2D eigenvalue weighted by Crippen LogP contribution is -1.92. The van der Waals surface area contributed by atoms with Crippen molar-refractivity contribution in [2.75, 3.05) is 7.11 Å². The molecule has 0 unspecified atom stereocenters. The number of fused-ring (bicyclic) bond motifs is 1. The summed E-state index contributed by atoms with van der Waals surface area (Å²) < 4.78 is 6.67. The maximum atomic E-state index is 4.96. The molecule has 0 aromatic carbocycles. The molecule has 14 heavy (non-hydrogen) atoms. The van der Waals surface area contributed by atoms with Gasteiger partial charge in [-0.05, 0) is 23.6 Å². The van der Waals surface area contributed by atoms with E-state index in [1.807, 2.05) is 18.3 Å². The van der Waals surface area contributed by atoms with Gasteiger partial charge in [-0.25, -0.2) is 4.52 Å². The van der Waals surface area contributed by atoms with Crippen molar-refractivity contribution in [3.63, 3.8) is 0 Å². The smallest absolute Gasteiger partial charge is 0.336 e. The van der Waals surface area contributed by atoms with E-state index in [1.54, 1.807) is 11.6 Å². The first-order valence-electron chi connectivity index (χ1n) is 4.61. The summed E-state index contributed by atoms with van der Waals surface area (Å²) in [5.41, 5.74) is 2.08. The van der Waals surface area contributed by atoms with E-state index in [9.17, 15) is 0 Å². The van der Waals surface area contributed by atoms with Crippen LogP contribution in [0.4, 0.5) is 0 Å². The molecule has 2 aromatic rings. The van der Waals surface area contributed by atoms with Crippen molar-refractivity contribution < 1.29 is 4.74 Å². The molecule has 0 spiro atoms. The van der Waals surface area contributed by atoms with Crippen molar-refractivity contribution in [3.05, 3.63) is 23.9 Å². The molecule has 0 N–H and O–H groups in total. The topological polar surface area (TPSA) is 39.4 Å². The summed E-state index contributed by atoms with van der Waals surface area (Å²) in [5.74, 6) is 0.502. The van der Waals surface area contributed by atoms with Gasteiger partial charge in [0.1, 0.15) is 0 Å². The van der Waals surface area contributed by atoms with Crippen LogP contribution in [-0.2, 0) is 0 Å². The van der Waals surface area contributed by atoms with Gasteiger partial charge in [-0.2, -0.15) is 4.98 Å². The van der Waals surface area contributed by atoms with Crippen LogP contribution in [0.25, 0.3) is 5.65 Å². The zero-order valence-corrected chi connectivity index (χ0v) is 8.56. The Labute approximate surface area is 82.5 Å². The third-order valence-electron chi connectivity index (χ3n) is 2.19. The molecular formula is C10H13N3O. The third-order valence-corrected chi connectivity index (χ3v) is 2.19. The molecule has 0 aliphatic rings. The first kappa shape index (κ1) is 8.99. The van der Waals surface area contributed by atoms with Gasteiger partial charge in [0.2, 0.25) is 0 Å². The Morgan fingerprint density at radius 1 is 1.43 bits per heavy atom. The van der Waals surface area contributed by atoms with Crippen LogP contribution in [0.3, 0.4) is 0 Å². The summed E-state index contributed by atoms with van der Waals surface area (Å²) in [6.45, 7) is 4.30. The highest BCUT2D eigenvalue weighted by Gasteiger charge is 2.05. The Morgan fingerprint density at radius 3 is 2.86 bits per heavy atom. The summed E-state index contributed by atoms with van der Waals surface area (Å²) >= 11 is 0. The third kappa shape index (κ3) is 1.43. The largest absolute Gasteiger partial charge is 0.466 e. The van der Waals surface area contributed by atoms with Crippen molar-refractivity contribution in [3.8, 4) is 6.01 Å². The molecule has 0 amide bonds. The first-order valence-corrected chi connectivity index (χ1v) is 4.61. The van der Waals surface area contributed by atoms with Crippen molar-refractivity contribution in [2.45, 2.75) is 19.8 Å². The number of nitrogens with zero attached hydrogens (tertiary/aromatic N) is 3. The molecule has 2 rings (SSSR count). The van der Waals surface area contributed by atoms with Crippen molar-refractivity contribution in [1.29, 1.82) is 0 Å². The van der Waals surface area contributed by atoms with Gasteiger partial charge in [-0.3, -0.25) is 0 Å². The van der Waals surface area contributed by atoms with Crippen molar-refractivity contribution in [2.24, 2.45) is 0 Å². The van der Waals surface area contributed by atoms with Gasteiger partial charge in [-0.1, -0.05) is 13.8 Å². The van der Waals surface area contributed by atoms with Crippen LogP contribution >= 0.6 is 0 Å². The van der Waals surface area contributed by atoms with Gasteiger partial charge in [0.15, 0.2) is 5.65 Å². The number of aromatic nitrogens is 3. The molecule has 2 aromatic heterocycles. The van der Waals surface area contributed by atoms with Crippen molar-refractivity contribution in [1.82, 2.24) is 14.6 Å². The van der Waals surface area contributed by atoms with Gasteiger partial charge in [0, 0.05) is 6.20 Å². The summed E-state index contributed by atoms with van der Waals surface area (Å²) in [7, 11) is 1.57. The van der Waals surface area contributed by atoms with Crippen LogP contribution in [0.15, 0.2) is 18.3 Å². The molecule has 4 nitrogen and oxygen atoms in total. The molecule has 0 saturated carbocycles. The lowest BCUT2D eigenvalue weighted by atomic mass is 10.1. The Balaban J connectivity index is 2.54. The molecule has 0 saturated heterocycles. The highest BCUT2D eigenvalue weighted by atomic mass is 16.5. The fraction of sp³-hybridized carbons (Fsp3) is 0.400. The van der Waals surface area contributed by atoms with Gasteiger partial charge in [0.05, 0.1) is 7.11 Å². The molecule has 0 fully saturated rings.